The summed E-state index contributed by atoms with van der Waals surface area (Å²) in [4.78, 5) is 9.03. The molecule has 2 heterocycles. The number of nitrogens with zero attached hydrogens (tertiary/aromatic N) is 2. The minimum Gasteiger partial charge on any atom is -0.389 e. The second-order valence-corrected chi connectivity index (χ2v) is 4.00. The second kappa shape index (κ2) is 4.96. The quantitative estimate of drug-likeness (QED) is 0.890. The van der Waals surface area contributed by atoms with Crippen molar-refractivity contribution in [1.29, 1.82) is 0 Å². The van der Waals surface area contributed by atoms with Gasteiger partial charge in [-0.15, -0.1) is 11.3 Å². The molecule has 5 heteroatoms. The molecule has 0 aromatic carbocycles. The molecule has 0 amide bonds. The van der Waals surface area contributed by atoms with Crippen LogP contribution in [0.1, 0.15) is 5.56 Å². The zero-order valence-corrected chi connectivity index (χ0v) is 9.12. The van der Waals surface area contributed by atoms with E-state index in [4.69, 9.17) is 5.11 Å². The Morgan fingerprint density at radius 2 is 2.38 bits per heavy atom. The Morgan fingerprint density at radius 3 is 3.06 bits per heavy atom. The summed E-state index contributed by atoms with van der Waals surface area (Å²) in [6.45, 7) is -0.573. The minimum atomic E-state index is -0.573. The SMILES string of the molecule is OCC(F)=Cc1csc(-c2cnccn2)c1. The van der Waals surface area contributed by atoms with Crippen molar-refractivity contribution in [3.63, 3.8) is 0 Å². The molecule has 0 aliphatic rings. The molecular formula is C11H9FN2OS. The van der Waals surface area contributed by atoms with Gasteiger partial charge in [0.25, 0.3) is 0 Å². The molecule has 0 atom stereocenters. The van der Waals surface area contributed by atoms with Crippen LogP contribution in [-0.4, -0.2) is 21.7 Å². The first kappa shape index (κ1) is 10.9. The van der Waals surface area contributed by atoms with Crippen molar-refractivity contribution >= 4 is 17.4 Å². The van der Waals surface area contributed by atoms with E-state index in [2.05, 4.69) is 9.97 Å². The fourth-order valence-electron chi connectivity index (χ4n) is 1.21. The van der Waals surface area contributed by atoms with Crippen molar-refractivity contribution in [2.75, 3.05) is 6.61 Å². The highest BCUT2D eigenvalue weighted by Crippen LogP contribution is 2.26. The predicted molar refractivity (Wildman–Crippen MR) is 61.5 cm³/mol. The highest BCUT2D eigenvalue weighted by atomic mass is 32.1. The topological polar surface area (TPSA) is 46.0 Å². The molecule has 2 aromatic heterocycles. The first-order valence-electron chi connectivity index (χ1n) is 4.61. The summed E-state index contributed by atoms with van der Waals surface area (Å²) in [5.74, 6) is -0.552. The molecule has 16 heavy (non-hydrogen) atoms. The zero-order valence-electron chi connectivity index (χ0n) is 8.30. The first-order chi connectivity index (χ1) is 7.79. The standard InChI is InChI=1S/C11H9FN2OS/c12-9(6-15)3-8-4-11(16-7-8)10-5-13-1-2-14-10/h1-5,7,15H,6H2. The summed E-state index contributed by atoms with van der Waals surface area (Å²) in [7, 11) is 0. The van der Waals surface area contributed by atoms with Gasteiger partial charge in [-0.25, -0.2) is 4.39 Å². The lowest BCUT2D eigenvalue weighted by molar-refractivity contribution is 0.300. The van der Waals surface area contributed by atoms with E-state index in [1.807, 2.05) is 6.07 Å². The smallest absolute Gasteiger partial charge is 0.126 e. The van der Waals surface area contributed by atoms with Gasteiger partial charge in [-0.05, 0) is 23.1 Å². The molecule has 0 saturated heterocycles. The molecule has 0 bridgehead atoms. The maximum absolute atomic E-state index is 12.8. The fourth-order valence-corrected chi connectivity index (χ4v) is 2.04. The van der Waals surface area contributed by atoms with Crippen LogP contribution in [-0.2, 0) is 0 Å². The molecule has 3 nitrogen and oxygen atoms in total. The molecule has 0 unspecified atom stereocenters. The third-order valence-electron chi connectivity index (χ3n) is 1.91. The van der Waals surface area contributed by atoms with Crippen molar-refractivity contribution in [2.24, 2.45) is 0 Å². The molecule has 0 aliphatic carbocycles. The van der Waals surface area contributed by atoms with Gasteiger partial charge in [0.05, 0.1) is 23.4 Å². The molecular weight excluding hydrogens is 227 g/mol. The lowest BCUT2D eigenvalue weighted by Crippen LogP contribution is -1.81. The third kappa shape index (κ3) is 2.50. The Bertz CT molecular complexity index is 496. The van der Waals surface area contributed by atoms with Gasteiger partial charge in [0, 0.05) is 12.4 Å². The molecule has 2 aromatic rings. The van der Waals surface area contributed by atoms with Gasteiger partial charge in [0.1, 0.15) is 5.83 Å². The summed E-state index contributed by atoms with van der Waals surface area (Å²) in [6, 6.07) is 1.81. The van der Waals surface area contributed by atoms with Crippen LogP contribution in [0.5, 0.6) is 0 Å². The van der Waals surface area contributed by atoms with E-state index in [0.29, 0.717) is 0 Å². The molecule has 0 fully saturated rings. The van der Waals surface area contributed by atoms with Crippen LogP contribution >= 0.6 is 11.3 Å². The van der Waals surface area contributed by atoms with Crippen molar-refractivity contribution < 1.29 is 9.50 Å². The first-order valence-corrected chi connectivity index (χ1v) is 5.49. The van der Waals surface area contributed by atoms with Crippen LogP contribution < -0.4 is 0 Å². The van der Waals surface area contributed by atoms with E-state index >= 15 is 0 Å². The van der Waals surface area contributed by atoms with Crippen LogP contribution in [0.2, 0.25) is 0 Å². The summed E-state index contributed by atoms with van der Waals surface area (Å²) in [5.41, 5.74) is 1.48. The lowest BCUT2D eigenvalue weighted by Gasteiger charge is -1.92. The maximum Gasteiger partial charge on any atom is 0.126 e. The van der Waals surface area contributed by atoms with Crippen LogP contribution in [0.4, 0.5) is 4.39 Å². The molecule has 0 radical (unpaired) electrons. The maximum atomic E-state index is 12.8. The predicted octanol–water partition coefficient (Wildman–Crippen LogP) is 2.51. The van der Waals surface area contributed by atoms with Gasteiger partial charge in [0.15, 0.2) is 0 Å². The number of thiophene rings is 1. The van der Waals surface area contributed by atoms with Crippen molar-refractivity contribution in [2.45, 2.75) is 0 Å². The van der Waals surface area contributed by atoms with Gasteiger partial charge in [-0.1, -0.05) is 0 Å². The fraction of sp³-hybridized carbons (Fsp3) is 0.0909. The molecule has 82 valence electrons. The van der Waals surface area contributed by atoms with Crippen molar-refractivity contribution in [1.82, 2.24) is 9.97 Å². The number of hydrogen-bond acceptors (Lipinski definition) is 4. The van der Waals surface area contributed by atoms with E-state index < -0.39 is 12.4 Å². The Balaban J connectivity index is 2.27. The van der Waals surface area contributed by atoms with E-state index in [1.54, 1.807) is 24.0 Å². The van der Waals surface area contributed by atoms with E-state index in [1.165, 1.54) is 17.4 Å². The zero-order chi connectivity index (χ0) is 11.4. The number of aromatic nitrogens is 2. The van der Waals surface area contributed by atoms with Gasteiger partial charge in [-0.3, -0.25) is 9.97 Å². The summed E-state index contributed by atoms with van der Waals surface area (Å²) < 4.78 is 12.8. The second-order valence-electron chi connectivity index (χ2n) is 3.08. The van der Waals surface area contributed by atoms with E-state index in [-0.39, 0.29) is 0 Å². The molecule has 1 N–H and O–H groups in total. The summed E-state index contributed by atoms with van der Waals surface area (Å²) in [6.07, 6.45) is 6.17. The number of hydrogen-bond donors (Lipinski definition) is 1. The molecule has 0 spiro atoms. The third-order valence-corrected chi connectivity index (χ3v) is 2.88. The van der Waals surface area contributed by atoms with Crippen LogP contribution in [0.25, 0.3) is 16.6 Å². The number of halogens is 1. The van der Waals surface area contributed by atoms with Crippen LogP contribution in [0.15, 0.2) is 35.9 Å². The number of aliphatic hydroxyl groups is 1. The average Bonchev–Trinajstić information content (AvgIpc) is 2.78. The average molecular weight is 236 g/mol. The molecule has 0 aliphatic heterocycles. The van der Waals surface area contributed by atoms with Gasteiger partial charge >= 0.3 is 0 Å². The lowest BCUT2D eigenvalue weighted by atomic mass is 10.2. The van der Waals surface area contributed by atoms with Crippen molar-refractivity contribution in [3.05, 3.63) is 41.4 Å². The Kier molecular flexibility index (Phi) is 3.38. The van der Waals surface area contributed by atoms with Crippen LogP contribution in [0, 0.1) is 0 Å². The highest BCUT2D eigenvalue weighted by molar-refractivity contribution is 7.13. The highest BCUT2D eigenvalue weighted by Gasteiger charge is 2.03. The Hall–Kier alpha value is -1.59. The molecule has 2 rings (SSSR count). The van der Waals surface area contributed by atoms with Gasteiger partial charge in [0.2, 0.25) is 0 Å². The van der Waals surface area contributed by atoms with Gasteiger partial charge < -0.3 is 5.11 Å². The monoisotopic (exact) mass is 236 g/mol. The Labute approximate surface area is 95.9 Å². The summed E-state index contributed by atoms with van der Waals surface area (Å²) >= 11 is 1.46. The van der Waals surface area contributed by atoms with E-state index in [9.17, 15) is 4.39 Å². The number of aliphatic hydroxyl groups excluding tert-OH is 1. The molecule has 0 saturated carbocycles. The number of rotatable bonds is 3. The minimum absolute atomic E-state index is 0.552. The van der Waals surface area contributed by atoms with Gasteiger partial charge in [-0.2, -0.15) is 0 Å². The summed E-state index contributed by atoms with van der Waals surface area (Å²) in [5, 5.41) is 10.4. The van der Waals surface area contributed by atoms with Crippen LogP contribution in [0.3, 0.4) is 0 Å². The Morgan fingerprint density at radius 1 is 1.50 bits per heavy atom. The van der Waals surface area contributed by atoms with E-state index in [0.717, 1.165) is 16.1 Å². The van der Waals surface area contributed by atoms with Crippen molar-refractivity contribution in [3.8, 4) is 10.6 Å². The largest absolute Gasteiger partial charge is 0.389 e. The normalized spacial score (nSPS) is 11.8.